The lowest BCUT2D eigenvalue weighted by Gasteiger charge is -2.13. The average Bonchev–Trinajstić information content (AvgIpc) is 3.72. The van der Waals surface area contributed by atoms with E-state index in [-0.39, 0.29) is 23.7 Å². The molecule has 0 unspecified atom stereocenters. The predicted octanol–water partition coefficient (Wildman–Crippen LogP) is 4.20. The molecule has 170 valence electrons. The Morgan fingerprint density at radius 1 is 0.765 bits per heavy atom. The van der Waals surface area contributed by atoms with Crippen molar-refractivity contribution >= 4 is 22.6 Å². The molecule has 1 aliphatic rings. The number of aromatic nitrogens is 1. The van der Waals surface area contributed by atoms with E-state index in [1.54, 1.807) is 12.4 Å². The smallest absolute Gasteiger partial charge is 0.257 e. The lowest BCUT2D eigenvalue weighted by molar-refractivity contribution is 0.0947. The van der Waals surface area contributed by atoms with Crippen LogP contribution in [0.2, 0.25) is 0 Å². The molecule has 1 saturated carbocycles. The summed E-state index contributed by atoms with van der Waals surface area (Å²) in [6, 6.07) is 23.6. The zero-order valence-electron chi connectivity index (χ0n) is 18.7. The molecule has 34 heavy (non-hydrogen) atoms. The molecule has 6 nitrogen and oxygen atoms in total. The van der Waals surface area contributed by atoms with Gasteiger partial charge in [-0.25, -0.2) is 0 Å². The molecule has 2 N–H and O–H groups in total. The first-order chi connectivity index (χ1) is 16.6. The lowest BCUT2D eigenvalue weighted by Crippen LogP contribution is -2.35. The quantitative estimate of drug-likeness (QED) is 0.442. The third-order valence-corrected chi connectivity index (χ3v) is 6.12. The minimum Gasteiger partial charge on any atom is -0.349 e. The highest BCUT2D eigenvalue weighted by atomic mass is 16.2. The van der Waals surface area contributed by atoms with Crippen LogP contribution >= 0.6 is 0 Å². The van der Waals surface area contributed by atoms with Gasteiger partial charge in [-0.2, -0.15) is 0 Å². The number of nitrogens with zero attached hydrogens (tertiary/aromatic N) is 1. The molecule has 1 fully saturated rings. The molecular formula is C28H25N3O3. The number of hydrogen-bond acceptors (Lipinski definition) is 3. The van der Waals surface area contributed by atoms with Gasteiger partial charge in [-0.1, -0.05) is 72.8 Å². The van der Waals surface area contributed by atoms with Crippen LogP contribution in [-0.4, -0.2) is 16.4 Å². The summed E-state index contributed by atoms with van der Waals surface area (Å²) in [5.74, 6) is -0.961. The second-order valence-electron chi connectivity index (χ2n) is 8.58. The number of rotatable bonds is 7. The monoisotopic (exact) mass is 451 g/mol. The summed E-state index contributed by atoms with van der Waals surface area (Å²) in [6.07, 6.45) is 5.07. The highest BCUT2D eigenvalue weighted by Crippen LogP contribution is 2.34. The van der Waals surface area contributed by atoms with Gasteiger partial charge in [0, 0.05) is 31.5 Å². The maximum Gasteiger partial charge on any atom is 0.257 e. The summed E-state index contributed by atoms with van der Waals surface area (Å²) in [5, 5.41) is 7.81. The van der Waals surface area contributed by atoms with Crippen LogP contribution in [-0.2, 0) is 13.1 Å². The van der Waals surface area contributed by atoms with Gasteiger partial charge in [0.1, 0.15) is 11.1 Å². The molecule has 0 spiro atoms. The Balaban J connectivity index is 1.38. The molecule has 0 bridgehead atoms. The Labute approximate surface area is 197 Å². The summed E-state index contributed by atoms with van der Waals surface area (Å²) in [7, 11) is 0. The minimum absolute atomic E-state index is 0.0133. The van der Waals surface area contributed by atoms with Gasteiger partial charge in [-0.3, -0.25) is 14.4 Å². The van der Waals surface area contributed by atoms with Crippen molar-refractivity contribution in [2.24, 2.45) is 0 Å². The maximum absolute atomic E-state index is 13.1. The molecule has 3 aromatic carbocycles. The fourth-order valence-corrected chi connectivity index (χ4v) is 4.10. The highest BCUT2D eigenvalue weighted by Gasteiger charge is 2.27. The lowest BCUT2D eigenvalue weighted by atomic mass is 10.0. The molecule has 1 aliphatic carbocycles. The van der Waals surface area contributed by atoms with Crippen LogP contribution in [0.4, 0.5) is 0 Å². The van der Waals surface area contributed by atoms with Crippen LogP contribution in [0.1, 0.15) is 50.7 Å². The van der Waals surface area contributed by atoms with Crippen molar-refractivity contribution in [1.29, 1.82) is 0 Å². The van der Waals surface area contributed by atoms with Gasteiger partial charge in [-0.05, 0) is 34.7 Å². The van der Waals surface area contributed by atoms with Crippen LogP contribution in [0.25, 0.3) is 10.8 Å². The Kier molecular flexibility index (Phi) is 5.95. The predicted molar refractivity (Wildman–Crippen MR) is 132 cm³/mol. The first-order valence-electron chi connectivity index (χ1n) is 11.4. The number of hydrogen-bond donors (Lipinski definition) is 2. The summed E-state index contributed by atoms with van der Waals surface area (Å²) >= 11 is 0. The molecule has 0 radical (unpaired) electrons. The van der Waals surface area contributed by atoms with Crippen LogP contribution in [0.5, 0.6) is 0 Å². The van der Waals surface area contributed by atoms with Crippen LogP contribution in [0, 0.1) is 0 Å². The van der Waals surface area contributed by atoms with Gasteiger partial charge in [0.15, 0.2) is 0 Å². The van der Waals surface area contributed by atoms with Crippen LogP contribution in [0.15, 0.2) is 90.0 Å². The van der Waals surface area contributed by atoms with E-state index in [2.05, 4.69) is 10.6 Å². The first kappa shape index (κ1) is 21.6. The van der Waals surface area contributed by atoms with Gasteiger partial charge in [0.05, 0.1) is 0 Å². The zero-order valence-corrected chi connectivity index (χ0v) is 18.7. The topological polar surface area (TPSA) is 80.2 Å². The third-order valence-electron chi connectivity index (χ3n) is 6.12. The van der Waals surface area contributed by atoms with Crippen molar-refractivity contribution in [2.75, 3.05) is 0 Å². The highest BCUT2D eigenvalue weighted by molar-refractivity contribution is 5.99. The van der Waals surface area contributed by atoms with Gasteiger partial charge < -0.3 is 15.2 Å². The summed E-state index contributed by atoms with van der Waals surface area (Å²) in [5.41, 5.74) is 1.31. The van der Waals surface area contributed by atoms with Crippen molar-refractivity contribution in [3.05, 3.63) is 118 Å². The maximum atomic E-state index is 13.1. The standard InChI is InChI=1S/C28H25N3O3/c32-26-24(27(33)29-15-19-7-2-1-3-8-19)17-31(22-13-14-22)18-25(26)28(34)30-16-21-11-6-10-20-9-4-5-12-23(20)21/h1-12,17-18,22H,13-16H2,(H,29,33)(H,30,34). The van der Waals surface area contributed by atoms with E-state index in [9.17, 15) is 14.4 Å². The number of amides is 2. The van der Waals surface area contributed by atoms with Crippen molar-refractivity contribution in [1.82, 2.24) is 15.2 Å². The molecule has 4 aromatic rings. The number of nitrogens with one attached hydrogen (secondary N) is 2. The Morgan fingerprint density at radius 3 is 2.09 bits per heavy atom. The molecule has 5 rings (SSSR count). The minimum atomic E-state index is -0.558. The summed E-state index contributed by atoms with van der Waals surface area (Å²) < 4.78 is 1.83. The number of carbonyl (C=O) groups is 2. The normalized spacial score (nSPS) is 12.9. The number of carbonyl (C=O) groups excluding carboxylic acids is 2. The summed E-state index contributed by atoms with van der Waals surface area (Å²) in [4.78, 5) is 39.1. The van der Waals surface area contributed by atoms with Crippen molar-refractivity contribution < 1.29 is 9.59 Å². The van der Waals surface area contributed by atoms with E-state index in [0.717, 1.165) is 34.7 Å². The third kappa shape index (κ3) is 4.62. The molecule has 2 amide bonds. The van der Waals surface area contributed by atoms with Gasteiger partial charge in [-0.15, -0.1) is 0 Å². The largest absolute Gasteiger partial charge is 0.349 e. The van der Waals surface area contributed by atoms with Crippen molar-refractivity contribution in [3.63, 3.8) is 0 Å². The molecule has 1 aromatic heterocycles. The SMILES string of the molecule is O=C(NCc1ccccc1)c1cn(C2CC2)cc(C(=O)NCc2cccc3ccccc23)c1=O. The van der Waals surface area contributed by atoms with E-state index in [1.807, 2.05) is 77.4 Å². The van der Waals surface area contributed by atoms with Gasteiger partial charge >= 0.3 is 0 Å². The molecular weight excluding hydrogens is 426 g/mol. The molecule has 0 saturated heterocycles. The molecule has 6 heteroatoms. The van der Waals surface area contributed by atoms with Gasteiger partial charge in [0.25, 0.3) is 11.8 Å². The second kappa shape index (κ2) is 9.35. The Bertz CT molecular complexity index is 1420. The molecule has 0 aliphatic heterocycles. The molecule has 0 atom stereocenters. The second-order valence-corrected chi connectivity index (χ2v) is 8.58. The van der Waals surface area contributed by atoms with Gasteiger partial charge in [0.2, 0.25) is 5.43 Å². The Morgan fingerprint density at radius 2 is 1.38 bits per heavy atom. The van der Waals surface area contributed by atoms with E-state index in [1.165, 1.54) is 0 Å². The first-order valence-corrected chi connectivity index (χ1v) is 11.4. The fourth-order valence-electron chi connectivity index (χ4n) is 4.10. The number of benzene rings is 3. The fraction of sp³-hybridized carbons (Fsp3) is 0.179. The van der Waals surface area contributed by atoms with E-state index < -0.39 is 17.2 Å². The number of fused-ring (bicyclic) bond motifs is 1. The van der Waals surface area contributed by atoms with E-state index in [4.69, 9.17) is 0 Å². The zero-order chi connectivity index (χ0) is 23.5. The summed E-state index contributed by atoms with van der Waals surface area (Å²) in [6.45, 7) is 0.591. The van der Waals surface area contributed by atoms with Crippen LogP contribution < -0.4 is 16.1 Å². The van der Waals surface area contributed by atoms with Crippen LogP contribution in [0.3, 0.4) is 0 Å². The van der Waals surface area contributed by atoms with E-state index >= 15 is 0 Å². The van der Waals surface area contributed by atoms with Crippen molar-refractivity contribution in [2.45, 2.75) is 32.0 Å². The van der Waals surface area contributed by atoms with Crippen molar-refractivity contribution in [3.8, 4) is 0 Å². The average molecular weight is 452 g/mol. The Hall–Kier alpha value is -4.19. The number of pyridine rings is 1. The molecule has 1 heterocycles. The van der Waals surface area contributed by atoms with E-state index in [0.29, 0.717) is 6.54 Å².